The van der Waals surface area contributed by atoms with Crippen molar-refractivity contribution < 1.29 is 9.90 Å². The van der Waals surface area contributed by atoms with E-state index in [2.05, 4.69) is 16.9 Å². The first-order valence-corrected chi connectivity index (χ1v) is 8.85. The maximum Gasteiger partial charge on any atom is 0.185 e. The van der Waals surface area contributed by atoms with Gasteiger partial charge in [-0.15, -0.1) is 0 Å². The Labute approximate surface area is 148 Å². The molecule has 1 aliphatic heterocycles. The average molecular weight is 339 g/mol. The quantitative estimate of drug-likeness (QED) is 0.672. The van der Waals surface area contributed by atoms with Crippen molar-refractivity contribution in [2.45, 2.75) is 32.3 Å². The van der Waals surface area contributed by atoms with E-state index in [1.807, 2.05) is 43.6 Å². The van der Waals surface area contributed by atoms with Crippen molar-refractivity contribution >= 4 is 17.5 Å². The number of allylic oxidation sites excluding steroid dienone is 1. The van der Waals surface area contributed by atoms with Crippen molar-refractivity contribution in [3.05, 3.63) is 53.4 Å². The van der Waals surface area contributed by atoms with Crippen molar-refractivity contribution in [3.8, 4) is 0 Å². The van der Waals surface area contributed by atoms with Crippen LogP contribution in [0.1, 0.15) is 41.4 Å². The molecule has 5 heteroatoms. The number of carbonyl (C=O) groups excluding carboxylic acids is 1. The summed E-state index contributed by atoms with van der Waals surface area (Å²) in [5.41, 5.74) is 3.77. The summed E-state index contributed by atoms with van der Waals surface area (Å²) in [6.07, 6.45) is 7.64. The molecule has 0 atom stereocenters. The average Bonchev–Trinajstić information content (AvgIpc) is 3.00. The minimum Gasteiger partial charge on any atom is -0.393 e. The van der Waals surface area contributed by atoms with Crippen LogP contribution in [0, 0.1) is 0 Å². The molecule has 0 aliphatic carbocycles. The topological polar surface area (TPSA) is 58.4 Å². The molecule has 2 heterocycles. The number of hydrogen-bond donors (Lipinski definition) is 1. The molecule has 0 unspecified atom stereocenters. The van der Waals surface area contributed by atoms with Crippen molar-refractivity contribution in [2.75, 3.05) is 18.0 Å². The van der Waals surface area contributed by atoms with Gasteiger partial charge < -0.3 is 10.0 Å². The predicted molar refractivity (Wildman–Crippen MR) is 99.8 cm³/mol. The number of carbonyl (C=O) groups is 1. The Balaban J connectivity index is 1.67. The van der Waals surface area contributed by atoms with Crippen LogP contribution in [0.15, 0.2) is 36.5 Å². The number of aliphatic hydroxyl groups excluding tert-OH is 1. The van der Waals surface area contributed by atoms with Gasteiger partial charge in [0.15, 0.2) is 5.78 Å². The monoisotopic (exact) mass is 339 g/mol. The number of rotatable bonds is 5. The first-order chi connectivity index (χ1) is 12.1. The Kier molecular flexibility index (Phi) is 5.34. The maximum atomic E-state index is 12.4. The molecule has 0 amide bonds. The third-order valence-corrected chi connectivity index (χ3v) is 4.67. The van der Waals surface area contributed by atoms with Gasteiger partial charge in [-0.2, -0.15) is 5.10 Å². The molecule has 5 nitrogen and oxygen atoms in total. The smallest absolute Gasteiger partial charge is 0.185 e. The van der Waals surface area contributed by atoms with Gasteiger partial charge in [-0.05, 0) is 55.7 Å². The van der Waals surface area contributed by atoms with Crippen LogP contribution < -0.4 is 4.90 Å². The van der Waals surface area contributed by atoms with Crippen LogP contribution in [0.4, 0.5) is 5.69 Å². The highest BCUT2D eigenvalue weighted by molar-refractivity contribution is 6.07. The molecule has 0 radical (unpaired) electrons. The molecule has 2 aromatic rings. The fourth-order valence-electron chi connectivity index (χ4n) is 3.19. The number of piperidine rings is 1. The molecule has 25 heavy (non-hydrogen) atoms. The van der Waals surface area contributed by atoms with Crippen LogP contribution in [0.5, 0.6) is 0 Å². The molecule has 132 valence electrons. The minimum absolute atomic E-state index is 0.00785. The Bertz CT molecular complexity index is 754. The zero-order valence-electron chi connectivity index (χ0n) is 14.9. The lowest BCUT2D eigenvalue weighted by molar-refractivity contribution is 0.104. The highest BCUT2D eigenvalue weighted by Crippen LogP contribution is 2.21. The summed E-state index contributed by atoms with van der Waals surface area (Å²) in [7, 11) is 1.89. The first-order valence-electron chi connectivity index (χ1n) is 8.85. The highest BCUT2D eigenvalue weighted by atomic mass is 16.3. The van der Waals surface area contributed by atoms with Crippen molar-refractivity contribution in [3.63, 3.8) is 0 Å². The molecular weight excluding hydrogens is 314 g/mol. The summed E-state index contributed by atoms with van der Waals surface area (Å²) in [5, 5.41) is 14.0. The van der Waals surface area contributed by atoms with Gasteiger partial charge >= 0.3 is 0 Å². The molecule has 1 N–H and O–H groups in total. The van der Waals surface area contributed by atoms with E-state index >= 15 is 0 Å². The van der Waals surface area contributed by atoms with E-state index in [1.54, 1.807) is 10.8 Å². The minimum atomic E-state index is -0.178. The lowest BCUT2D eigenvalue weighted by Crippen LogP contribution is -2.35. The second-order valence-corrected chi connectivity index (χ2v) is 6.52. The number of benzene rings is 1. The van der Waals surface area contributed by atoms with E-state index in [1.165, 1.54) is 0 Å². The summed E-state index contributed by atoms with van der Waals surface area (Å²) in [6.45, 7) is 3.77. The van der Waals surface area contributed by atoms with Crippen LogP contribution in [0.25, 0.3) is 6.08 Å². The number of aliphatic hydroxyl groups is 1. The lowest BCUT2D eigenvalue weighted by Gasteiger charge is -2.31. The second kappa shape index (κ2) is 7.66. The van der Waals surface area contributed by atoms with Gasteiger partial charge in [-0.1, -0.05) is 6.92 Å². The van der Waals surface area contributed by atoms with Crippen molar-refractivity contribution in [1.82, 2.24) is 9.78 Å². The SMILES string of the molecule is CCc1nn(C)cc1/C=C/C(=O)c1ccc(N2CCC(O)CC2)cc1. The zero-order chi connectivity index (χ0) is 17.8. The van der Waals surface area contributed by atoms with Crippen LogP contribution in [0.3, 0.4) is 0 Å². The molecule has 0 spiro atoms. The van der Waals surface area contributed by atoms with Crippen LogP contribution in [0.2, 0.25) is 0 Å². The number of anilines is 1. The number of hydrogen-bond acceptors (Lipinski definition) is 4. The van der Waals surface area contributed by atoms with Gasteiger partial charge in [-0.3, -0.25) is 9.48 Å². The van der Waals surface area contributed by atoms with E-state index in [4.69, 9.17) is 0 Å². The Morgan fingerprint density at radius 3 is 2.60 bits per heavy atom. The Morgan fingerprint density at radius 2 is 1.96 bits per heavy atom. The zero-order valence-corrected chi connectivity index (χ0v) is 14.9. The van der Waals surface area contributed by atoms with Gasteiger partial charge in [0.25, 0.3) is 0 Å². The first kappa shape index (κ1) is 17.4. The summed E-state index contributed by atoms with van der Waals surface area (Å²) < 4.78 is 1.77. The van der Waals surface area contributed by atoms with Gasteiger partial charge in [-0.25, -0.2) is 0 Å². The van der Waals surface area contributed by atoms with Crippen LogP contribution in [-0.4, -0.2) is 39.9 Å². The number of nitrogens with zero attached hydrogens (tertiary/aromatic N) is 3. The third kappa shape index (κ3) is 4.17. The highest BCUT2D eigenvalue weighted by Gasteiger charge is 2.17. The molecule has 1 saturated heterocycles. The van der Waals surface area contributed by atoms with E-state index in [9.17, 15) is 9.90 Å². The number of ketones is 1. The summed E-state index contributed by atoms with van der Waals surface area (Å²) in [4.78, 5) is 14.6. The van der Waals surface area contributed by atoms with E-state index in [0.717, 1.165) is 49.3 Å². The van der Waals surface area contributed by atoms with Crippen LogP contribution in [-0.2, 0) is 13.5 Å². The molecular formula is C20H25N3O2. The molecule has 0 saturated carbocycles. The molecule has 1 fully saturated rings. The van der Waals surface area contributed by atoms with Gasteiger partial charge in [0.05, 0.1) is 11.8 Å². The van der Waals surface area contributed by atoms with Gasteiger partial charge in [0, 0.05) is 43.1 Å². The fourth-order valence-corrected chi connectivity index (χ4v) is 3.19. The summed E-state index contributed by atoms with van der Waals surface area (Å²) >= 11 is 0. The van der Waals surface area contributed by atoms with E-state index < -0.39 is 0 Å². The number of aryl methyl sites for hydroxylation is 2. The molecule has 0 bridgehead atoms. The maximum absolute atomic E-state index is 12.4. The fraction of sp³-hybridized carbons (Fsp3) is 0.400. The number of aromatic nitrogens is 2. The largest absolute Gasteiger partial charge is 0.393 e. The second-order valence-electron chi connectivity index (χ2n) is 6.52. The van der Waals surface area contributed by atoms with E-state index in [0.29, 0.717) is 5.56 Å². The van der Waals surface area contributed by atoms with Crippen molar-refractivity contribution in [1.29, 1.82) is 0 Å². The Morgan fingerprint density at radius 1 is 1.28 bits per heavy atom. The summed E-state index contributed by atoms with van der Waals surface area (Å²) in [6, 6.07) is 7.72. The van der Waals surface area contributed by atoms with E-state index in [-0.39, 0.29) is 11.9 Å². The molecule has 1 aromatic heterocycles. The van der Waals surface area contributed by atoms with Gasteiger partial charge in [0.2, 0.25) is 0 Å². The lowest BCUT2D eigenvalue weighted by atomic mass is 10.1. The third-order valence-electron chi connectivity index (χ3n) is 4.67. The summed E-state index contributed by atoms with van der Waals surface area (Å²) in [5.74, 6) is -0.00785. The molecule has 1 aliphatic rings. The molecule has 1 aromatic carbocycles. The standard InChI is InChI=1S/C20H25N3O2/c1-3-19-16(14-22(2)21-19)6-9-20(25)15-4-7-17(8-5-15)23-12-10-18(24)11-13-23/h4-9,14,18,24H,3,10-13H2,1-2H3/b9-6+. The Hall–Kier alpha value is -2.40. The normalized spacial score (nSPS) is 15.9. The predicted octanol–water partition coefficient (Wildman–Crippen LogP) is 2.84. The van der Waals surface area contributed by atoms with Crippen molar-refractivity contribution in [2.24, 2.45) is 7.05 Å². The van der Waals surface area contributed by atoms with Crippen LogP contribution >= 0.6 is 0 Å². The van der Waals surface area contributed by atoms with Gasteiger partial charge in [0.1, 0.15) is 0 Å². The molecule has 3 rings (SSSR count).